The van der Waals surface area contributed by atoms with E-state index >= 15 is 0 Å². The van der Waals surface area contributed by atoms with Crippen LogP contribution in [-0.2, 0) is 4.79 Å². The highest BCUT2D eigenvalue weighted by molar-refractivity contribution is 6.42. The number of hydrogen-bond acceptors (Lipinski definition) is 3. The minimum Gasteiger partial charge on any atom is -0.490 e. The van der Waals surface area contributed by atoms with Gasteiger partial charge in [-0.2, -0.15) is 0 Å². The predicted molar refractivity (Wildman–Crippen MR) is 81.9 cm³/mol. The topological polar surface area (TPSA) is 56.1 Å². The van der Waals surface area contributed by atoms with Crippen molar-refractivity contribution in [3.8, 4) is 5.75 Å². The molecule has 0 unspecified atom stereocenters. The van der Waals surface area contributed by atoms with Crippen molar-refractivity contribution in [2.24, 2.45) is 0 Å². The molecule has 5 nitrogen and oxygen atoms in total. The Labute approximate surface area is 132 Å². The van der Waals surface area contributed by atoms with Crippen molar-refractivity contribution in [3.05, 3.63) is 47.0 Å². The molecule has 0 aliphatic heterocycles. The van der Waals surface area contributed by atoms with Gasteiger partial charge < -0.3 is 14.6 Å². The molecule has 7 heteroatoms. The minimum absolute atomic E-state index is 0.103. The van der Waals surface area contributed by atoms with Crippen LogP contribution < -0.4 is 10.1 Å². The van der Waals surface area contributed by atoms with E-state index < -0.39 is 0 Å². The summed E-state index contributed by atoms with van der Waals surface area (Å²) in [5.74, 6) is 0.398. The smallest absolute Gasteiger partial charge is 0.242 e. The van der Waals surface area contributed by atoms with Crippen molar-refractivity contribution >= 4 is 29.1 Å². The van der Waals surface area contributed by atoms with Crippen LogP contribution in [0.2, 0.25) is 10.0 Å². The Bertz CT molecular complexity index is 602. The Balaban J connectivity index is 1.77. The van der Waals surface area contributed by atoms with E-state index in [-0.39, 0.29) is 11.9 Å². The van der Waals surface area contributed by atoms with E-state index in [9.17, 15) is 4.79 Å². The Morgan fingerprint density at radius 3 is 3.00 bits per heavy atom. The second-order valence-corrected chi connectivity index (χ2v) is 5.16. The summed E-state index contributed by atoms with van der Waals surface area (Å²) in [7, 11) is 0. The van der Waals surface area contributed by atoms with E-state index in [0.29, 0.717) is 28.9 Å². The zero-order chi connectivity index (χ0) is 15.2. The Kier molecular flexibility index (Phi) is 5.47. The molecule has 0 bridgehead atoms. The van der Waals surface area contributed by atoms with Gasteiger partial charge in [0, 0.05) is 12.4 Å². The highest BCUT2D eigenvalue weighted by Gasteiger charge is 2.13. The highest BCUT2D eigenvalue weighted by atomic mass is 35.5. The maximum absolute atomic E-state index is 11.9. The van der Waals surface area contributed by atoms with Gasteiger partial charge in [0.05, 0.1) is 17.9 Å². The fourth-order valence-corrected chi connectivity index (χ4v) is 2.06. The lowest BCUT2D eigenvalue weighted by molar-refractivity contribution is -0.123. The number of benzene rings is 1. The van der Waals surface area contributed by atoms with Crippen LogP contribution in [0.3, 0.4) is 0 Å². The fraction of sp³-hybridized carbons (Fsp3) is 0.286. The third kappa shape index (κ3) is 4.12. The molecule has 112 valence electrons. The molecule has 1 atom stereocenters. The first-order valence-electron chi connectivity index (χ1n) is 6.41. The summed E-state index contributed by atoms with van der Waals surface area (Å²) in [4.78, 5) is 15.8. The molecule has 0 spiro atoms. The van der Waals surface area contributed by atoms with E-state index in [1.807, 2.05) is 0 Å². The monoisotopic (exact) mass is 327 g/mol. The number of amides is 1. The summed E-state index contributed by atoms with van der Waals surface area (Å²) in [5, 5.41) is 3.60. The van der Waals surface area contributed by atoms with E-state index in [4.69, 9.17) is 27.9 Å². The Morgan fingerprint density at radius 1 is 1.48 bits per heavy atom. The number of carbonyl (C=O) groups excluding carboxylic acids is 1. The number of rotatable bonds is 6. The number of hydrogen-bond donors (Lipinski definition) is 1. The van der Waals surface area contributed by atoms with Gasteiger partial charge in [-0.3, -0.25) is 4.79 Å². The van der Waals surface area contributed by atoms with Crippen LogP contribution in [0.5, 0.6) is 5.75 Å². The molecule has 0 aliphatic carbocycles. The lowest BCUT2D eigenvalue weighted by atomic mass is 10.3. The van der Waals surface area contributed by atoms with Crippen LogP contribution in [0.1, 0.15) is 13.0 Å². The average molecular weight is 328 g/mol. The van der Waals surface area contributed by atoms with Crippen molar-refractivity contribution in [2.75, 3.05) is 13.2 Å². The molecule has 1 aromatic heterocycles. The van der Waals surface area contributed by atoms with Crippen LogP contribution in [0.25, 0.3) is 0 Å². The van der Waals surface area contributed by atoms with E-state index in [2.05, 4.69) is 10.3 Å². The first-order chi connectivity index (χ1) is 10.1. The standard InChI is InChI=1S/C14H15Cl2N3O2/c1-10(19-7-5-17-9-19)14(20)18-6-8-21-12-4-2-3-11(15)13(12)16/h2-5,7,9-10H,6,8H2,1H3,(H,18,20)/t10-/m1/s1. The van der Waals surface area contributed by atoms with E-state index in [1.165, 1.54) is 0 Å². The lowest BCUT2D eigenvalue weighted by Crippen LogP contribution is -2.33. The summed E-state index contributed by atoms with van der Waals surface area (Å²) in [6.07, 6.45) is 4.98. The third-order valence-electron chi connectivity index (χ3n) is 2.93. The van der Waals surface area contributed by atoms with E-state index in [1.54, 1.807) is 48.4 Å². The molecule has 1 aromatic carbocycles. The summed E-state index contributed by atoms with van der Waals surface area (Å²) in [6.45, 7) is 2.48. The molecule has 0 aliphatic rings. The number of imidazole rings is 1. The van der Waals surface area contributed by atoms with Crippen molar-refractivity contribution < 1.29 is 9.53 Å². The molecular weight excluding hydrogens is 313 g/mol. The molecule has 0 radical (unpaired) electrons. The predicted octanol–water partition coefficient (Wildman–Crippen LogP) is 2.95. The van der Waals surface area contributed by atoms with Crippen LogP contribution >= 0.6 is 23.2 Å². The zero-order valence-corrected chi connectivity index (χ0v) is 12.9. The maximum atomic E-state index is 11.9. The SMILES string of the molecule is C[C@H](C(=O)NCCOc1cccc(Cl)c1Cl)n1ccnc1. The lowest BCUT2D eigenvalue weighted by Gasteiger charge is -2.14. The van der Waals surface area contributed by atoms with Gasteiger partial charge >= 0.3 is 0 Å². The normalized spacial score (nSPS) is 12.0. The molecule has 0 fully saturated rings. The van der Waals surface area contributed by atoms with Gasteiger partial charge in [0.25, 0.3) is 0 Å². The number of nitrogens with one attached hydrogen (secondary N) is 1. The second-order valence-electron chi connectivity index (χ2n) is 4.38. The number of aromatic nitrogens is 2. The molecule has 1 heterocycles. The first kappa shape index (κ1) is 15.7. The molecule has 0 saturated heterocycles. The first-order valence-corrected chi connectivity index (χ1v) is 7.17. The zero-order valence-electron chi connectivity index (χ0n) is 11.4. The molecule has 0 saturated carbocycles. The van der Waals surface area contributed by atoms with Crippen LogP contribution in [-0.4, -0.2) is 28.6 Å². The highest BCUT2D eigenvalue weighted by Crippen LogP contribution is 2.31. The fourth-order valence-electron chi connectivity index (χ4n) is 1.71. The third-order valence-corrected chi connectivity index (χ3v) is 3.73. The summed E-state index contributed by atoms with van der Waals surface area (Å²) in [5.41, 5.74) is 0. The molecule has 2 aromatic rings. The van der Waals surface area contributed by atoms with Crippen LogP contribution in [0.4, 0.5) is 0 Å². The van der Waals surface area contributed by atoms with Crippen LogP contribution in [0.15, 0.2) is 36.9 Å². The van der Waals surface area contributed by atoms with Gasteiger partial charge in [0.1, 0.15) is 23.4 Å². The number of carbonyl (C=O) groups is 1. The second kappa shape index (κ2) is 7.33. The summed E-state index contributed by atoms with van der Waals surface area (Å²) in [6, 6.07) is 4.85. The Hall–Kier alpha value is -1.72. The molecule has 1 amide bonds. The van der Waals surface area contributed by atoms with Gasteiger partial charge in [-0.15, -0.1) is 0 Å². The average Bonchev–Trinajstić information content (AvgIpc) is 3.01. The molecule has 1 N–H and O–H groups in total. The summed E-state index contributed by atoms with van der Waals surface area (Å²) < 4.78 is 7.21. The van der Waals surface area contributed by atoms with Crippen molar-refractivity contribution in [1.82, 2.24) is 14.9 Å². The van der Waals surface area contributed by atoms with Gasteiger partial charge in [-0.05, 0) is 19.1 Å². The van der Waals surface area contributed by atoms with Crippen molar-refractivity contribution in [3.63, 3.8) is 0 Å². The van der Waals surface area contributed by atoms with Gasteiger partial charge in [0.2, 0.25) is 5.91 Å². The molecular formula is C14H15Cl2N3O2. The van der Waals surface area contributed by atoms with Crippen molar-refractivity contribution in [1.29, 1.82) is 0 Å². The number of nitrogens with zero attached hydrogens (tertiary/aromatic N) is 2. The number of halogens is 2. The van der Waals surface area contributed by atoms with Crippen molar-refractivity contribution in [2.45, 2.75) is 13.0 Å². The van der Waals surface area contributed by atoms with Gasteiger partial charge in [-0.1, -0.05) is 29.3 Å². The van der Waals surface area contributed by atoms with E-state index in [0.717, 1.165) is 0 Å². The molecule has 2 rings (SSSR count). The number of ether oxygens (including phenoxy) is 1. The summed E-state index contributed by atoms with van der Waals surface area (Å²) >= 11 is 11.9. The molecule has 21 heavy (non-hydrogen) atoms. The Morgan fingerprint density at radius 2 is 2.29 bits per heavy atom. The maximum Gasteiger partial charge on any atom is 0.242 e. The quantitative estimate of drug-likeness (QED) is 0.830. The minimum atomic E-state index is -0.317. The van der Waals surface area contributed by atoms with Gasteiger partial charge in [-0.25, -0.2) is 4.98 Å². The van der Waals surface area contributed by atoms with Crippen LogP contribution in [0, 0.1) is 0 Å². The van der Waals surface area contributed by atoms with Gasteiger partial charge in [0.15, 0.2) is 0 Å². The largest absolute Gasteiger partial charge is 0.490 e.